The molecular formula is C23H29N5O. The molecule has 0 radical (unpaired) electrons. The lowest BCUT2D eigenvalue weighted by Gasteiger charge is -2.12. The van der Waals surface area contributed by atoms with Crippen LogP contribution in [0.3, 0.4) is 0 Å². The van der Waals surface area contributed by atoms with Gasteiger partial charge in [-0.1, -0.05) is 24.3 Å². The summed E-state index contributed by atoms with van der Waals surface area (Å²) in [5, 5.41) is 6.78. The van der Waals surface area contributed by atoms with Gasteiger partial charge in [-0.25, -0.2) is 4.98 Å². The van der Waals surface area contributed by atoms with Crippen LogP contribution >= 0.6 is 0 Å². The molecule has 1 aliphatic rings. The van der Waals surface area contributed by atoms with Crippen molar-refractivity contribution in [3.05, 3.63) is 59.9 Å². The van der Waals surface area contributed by atoms with Gasteiger partial charge in [0.05, 0.1) is 24.0 Å². The SMILES string of the molecule is CCNC(=NCCCn1cnc2ccccc21)NCCc1ccc2c(c1)CCO2. The third kappa shape index (κ3) is 4.88. The first-order valence-corrected chi connectivity index (χ1v) is 10.5. The number of para-hydroxylation sites is 2. The Morgan fingerprint density at radius 2 is 2.14 bits per heavy atom. The number of aromatic nitrogens is 2. The molecule has 6 nitrogen and oxygen atoms in total. The van der Waals surface area contributed by atoms with Gasteiger partial charge in [0.15, 0.2) is 5.96 Å². The molecule has 0 saturated carbocycles. The molecule has 3 aromatic rings. The van der Waals surface area contributed by atoms with Gasteiger partial charge in [0.25, 0.3) is 0 Å². The van der Waals surface area contributed by atoms with Crippen molar-refractivity contribution in [3.8, 4) is 5.75 Å². The van der Waals surface area contributed by atoms with Crippen LogP contribution in [0.4, 0.5) is 0 Å². The number of hydrogen-bond acceptors (Lipinski definition) is 3. The standard InChI is InChI=1S/C23H29N5O/c1-2-24-23(26-13-10-18-8-9-22-19(16-18)11-15-29-22)25-12-5-14-28-17-27-20-6-3-4-7-21(20)28/h3-4,6-9,16-17H,2,5,10-15H2,1H3,(H2,24,25,26). The van der Waals surface area contributed by atoms with Gasteiger partial charge in [-0.05, 0) is 49.1 Å². The van der Waals surface area contributed by atoms with Gasteiger partial charge < -0.3 is 19.9 Å². The van der Waals surface area contributed by atoms with Crippen LogP contribution < -0.4 is 15.4 Å². The first-order chi connectivity index (χ1) is 14.3. The van der Waals surface area contributed by atoms with Crippen molar-refractivity contribution < 1.29 is 4.74 Å². The smallest absolute Gasteiger partial charge is 0.191 e. The molecule has 0 atom stereocenters. The summed E-state index contributed by atoms with van der Waals surface area (Å²) < 4.78 is 7.78. The molecule has 2 aromatic carbocycles. The summed E-state index contributed by atoms with van der Waals surface area (Å²) in [6.07, 6.45) is 4.88. The summed E-state index contributed by atoms with van der Waals surface area (Å²) in [5.41, 5.74) is 4.89. The van der Waals surface area contributed by atoms with Crippen LogP contribution in [-0.2, 0) is 19.4 Å². The number of nitrogens with zero attached hydrogens (tertiary/aromatic N) is 3. The molecule has 0 aliphatic carbocycles. The number of benzene rings is 2. The molecule has 0 unspecified atom stereocenters. The van der Waals surface area contributed by atoms with Crippen molar-refractivity contribution >= 4 is 17.0 Å². The highest BCUT2D eigenvalue weighted by Crippen LogP contribution is 2.25. The van der Waals surface area contributed by atoms with Gasteiger partial charge >= 0.3 is 0 Å². The average Bonchev–Trinajstić information content (AvgIpc) is 3.37. The van der Waals surface area contributed by atoms with E-state index in [-0.39, 0.29) is 0 Å². The maximum Gasteiger partial charge on any atom is 0.191 e. The van der Waals surface area contributed by atoms with Crippen LogP contribution in [-0.4, -0.2) is 41.8 Å². The largest absolute Gasteiger partial charge is 0.493 e. The highest BCUT2D eigenvalue weighted by Gasteiger charge is 2.11. The first-order valence-electron chi connectivity index (χ1n) is 10.5. The number of aryl methyl sites for hydroxylation is 1. The van der Waals surface area contributed by atoms with E-state index in [1.165, 1.54) is 16.6 Å². The molecule has 1 aliphatic heterocycles. The van der Waals surface area contributed by atoms with Crippen molar-refractivity contribution in [3.63, 3.8) is 0 Å². The van der Waals surface area contributed by atoms with E-state index < -0.39 is 0 Å². The van der Waals surface area contributed by atoms with Crippen LogP contribution in [0.15, 0.2) is 53.8 Å². The maximum absolute atomic E-state index is 5.58. The number of fused-ring (bicyclic) bond motifs is 2. The van der Waals surface area contributed by atoms with Crippen LogP contribution in [0.25, 0.3) is 11.0 Å². The number of nitrogens with one attached hydrogen (secondary N) is 2. The lowest BCUT2D eigenvalue weighted by molar-refractivity contribution is 0.357. The second-order valence-electron chi connectivity index (χ2n) is 7.26. The van der Waals surface area contributed by atoms with Crippen molar-refractivity contribution in [2.45, 2.75) is 32.7 Å². The third-order valence-corrected chi connectivity index (χ3v) is 5.16. The molecule has 1 aromatic heterocycles. The van der Waals surface area contributed by atoms with Crippen molar-refractivity contribution in [1.29, 1.82) is 0 Å². The number of ether oxygens (including phenoxy) is 1. The lowest BCUT2D eigenvalue weighted by Crippen LogP contribution is -2.38. The predicted molar refractivity (Wildman–Crippen MR) is 118 cm³/mol. The number of aliphatic imine (C=N–C) groups is 1. The van der Waals surface area contributed by atoms with Gasteiger partial charge in [-0.15, -0.1) is 0 Å². The van der Waals surface area contributed by atoms with Gasteiger partial charge in [0, 0.05) is 32.6 Å². The minimum atomic E-state index is 0.776. The number of imidazole rings is 1. The molecule has 152 valence electrons. The van der Waals surface area contributed by atoms with E-state index in [1.807, 2.05) is 18.5 Å². The van der Waals surface area contributed by atoms with E-state index in [0.29, 0.717) is 0 Å². The van der Waals surface area contributed by atoms with Gasteiger partial charge in [-0.2, -0.15) is 0 Å². The Balaban J connectivity index is 1.25. The molecule has 29 heavy (non-hydrogen) atoms. The molecule has 0 amide bonds. The van der Waals surface area contributed by atoms with Gasteiger partial charge in [-0.3, -0.25) is 4.99 Å². The predicted octanol–water partition coefficient (Wildman–Crippen LogP) is 3.16. The molecule has 2 N–H and O–H groups in total. The summed E-state index contributed by atoms with van der Waals surface area (Å²) in [7, 11) is 0. The Morgan fingerprint density at radius 3 is 3.07 bits per heavy atom. The molecule has 0 bridgehead atoms. The van der Waals surface area contributed by atoms with Crippen molar-refractivity contribution in [2.24, 2.45) is 4.99 Å². The molecule has 0 saturated heterocycles. The minimum absolute atomic E-state index is 0.776. The Morgan fingerprint density at radius 1 is 1.21 bits per heavy atom. The zero-order chi connectivity index (χ0) is 19.9. The van der Waals surface area contributed by atoms with E-state index in [4.69, 9.17) is 9.73 Å². The van der Waals surface area contributed by atoms with Crippen LogP contribution in [0.1, 0.15) is 24.5 Å². The van der Waals surface area contributed by atoms with Gasteiger partial charge in [0.1, 0.15) is 5.75 Å². The maximum atomic E-state index is 5.58. The topological polar surface area (TPSA) is 63.5 Å². The second-order valence-corrected chi connectivity index (χ2v) is 7.26. The summed E-state index contributed by atoms with van der Waals surface area (Å²) in [6.45, 7) is 6.31. The second kappa shape index (κ2) is 9.45. The fourth-order valence-electron chi connectivity index (χ4n) is 3.68. The molecule has 0 fully saturated rings. The Hall–Kier alpha value is -3.02. The molecule has 6 heteroatoms. The Labute approximate surface area is 172 Å². The highest BCUT2D eigenvalue weighted by molar-refractivity contribution is 5.79. The Bertz CT molecular complexity index is 978. The van der Waals surface area contributed by atoms with E-state index in [0.717, 1.165) is 69.3 Å². The monoisotopic (exact) mass is 391 g/mol. The number of rotatable bonds is 8. The van der Waals surface area contributed by atoms with Crippen molar-refractivity contribution in [2.75, 3.05) is 26.2 Å². The van der Waals surface area contributed by atoms with E-state index >= 15 is 0 Å². The fraction of sp³-hybridized carbons (Fsp3) is 0.391. The Kier molecular flexibility index (Phi) is 6.29. The number of guanidine groups is 1. The highest BCUT2D eigenvalue weighted by atomic mass is 16.5. The summed E-state index contributed by atoms with van der Waals surface area (Å²) in [4.78, 5) is 9.17. The average molecular weight is 392 g/mol. The van der Waals surface area contributed by atoms with Crippen molar-refractivity contribution in [1.82, 2.24) is 20.2 Å². The molecule has 2 heterocycles. The van der Waals surface area contributed by atoms with E-state index in [2.05, 4.69) is 57.4 Å². The normalized spacial score (nSPS) is 13.3. The minimum Gasteiger partial charge on any atom is -0.493 e. The molecule has 0 spiro atoms. The van der Waals surface area contributed by atoms with E-state index in [1.54, 1.807) is 0 Å². The zero-order valence-electron chi connectivity index (χ0n) is 17.0. The van der Waals surface area contributed by atoms with Crippen LogP contribution in [0, 0.1) is 0 Å². The summed E-state index contributed by atoms with van der Waals surface area (Å²) in [5.74, 6) is 1.93. The first kappa shape index (κ1) is 19.3. The quantitative estimate of drug-likeness (QED) is 0.352. The van der Waals surface area contributed by atoms with E-state index in [9.17, 15) is 0 Å². The molecule has 4 rings (SSSR count). The zero-order valence-corrected chi connectivity index (χ0v) is 17.0. The van der Waals surface area contributed by atoms with Crippen LogP contribution in [0.2, 0.25) is 0 Å². The molecular weight excluding hydrogens is 362 g/mol. The number of hydrogen-bond donors (Lipinski definition) is 2. The summed E-state index contributed by atoms with van der Waals surface area (Å²) >= 11 is 0. The third-order valence-electron chi connectivity index (χ3n) is 5.16. The fourth-order valence-corrected chi connectivity index (χ4v) is 3.68. The van der Waals surface area contributed by atoms with Gasteiger partial charge in [0.2, 0.25) is 0 Å². The van der Waals surface area contributed by atoms with Crippen LogP contribution in [0.5, 0.6) is 5.75 Å². The summed E-state index contributed by atoms with van der Waals surface area (Å²) in [6, 6.07) is 14.8. The lowest BCUT2D eigenvalue weighted by atomic mass is 10.1.